The Hall–Kier alpha value is -2.07. The molecule has 1 aromatic rings. The summed E-state index contributed by atoms with van der Waals surface area (Å²) in [7, 11) is 0. The Morgan fingerprint density at radius 3 is 2.38 bits per heavy atom. The van der Waals surface area contributed by atoms with Gasteiger partial charge in [-0.2, -0.15) is 5.26 Å². The Labute approximate surface area is 97.0 Å². The standard InChI is InChI=1S/C15H15N/c1-4-13(5-2)15(10-11-16)14-8-6-12(3)7-9-14/h4-10H,1H2,2-3H3/b13-5+,15-10+. The molecular formula is C15H15N. The van der Waals surface area contributed by atoms with Crippen molar-refractivity contribution in [3.8, 4) is 6.07 Å². The van der Waals surface area contributed by atoms with Gasteiger partial charge in [-0.3, -0.25) is 0 Å². The molecule has 0 aromatic heterocycles. The van der Waals surface area contributed by atoms with E-state index >= 15 is 0 Å². The Balaban J connectivity index is 3.25. The van der Waals surface area contributed by atoms with Gasteiger partial charge >= 0.3 is 0 Å². The Morgan fingerprint density at radius 2 is 1.94 bits per heavy atom. The second-order valence-corrected chi connectivity index (χ2v) is 3.50. The molecule has 0 radical (unpaired) electrons. The highest BCUT2D eigenvalue weighted by Crippen LogP contribution is 2.23. The van der Waals surface area contributed by atoms with E-state index in [2.05, 4.69) is 12.6 Å². The summed E-state index contributed by atoms with van der Waals surface area (Å²) in [5.74, 6) is 0. The van der Waals surface area contributed by atoms with Crippen LogP contribution in [0.25, 0.3) is 5.57 Å². The molecule has 0 atom stereocenters. The van der Waals surface area contributed by atoms with Crippen molar-refractivity contribution in [2.75, 3.05) is 0 Å². The van der Waals surface area contributed by atoms with Crippen LogP contribution in [0.4, 0.5) is 0 Å². The maximum Gasteiger partial charge on any atom is 0.0918 e. The lowest BCUT2D eigenvalue weighted by Crippen LogP contribution is -1.87. The summed E-state index contributed by atoms with van der Waals surface area (Å²) in [6, 6.07) is 10.2. The third kappa shape index (κ3) is 2.71. The van der Waals surface area contributed by atoms with Crippen LogP contribution in [0.1, 0.15) is 18.1 Å². The van der Waals surface area contributed by atoms with Crippen molar-refractivity contribution < 1.29 is 0 Å². The molecule has 1 aromatic carbocycles. The quantitative estimate of drug-likeness (QED) is 0.544. The van der Waals surface area contributed by atoms with E-state index in [4.69, 9.17) is 5.26 Å². The molecule has 0 amide bonds. The van der Waals surface area contributed by atoms with E-state index in [9.17, 15) is 0 Å². The average molecular weight is 209 g/mol. The van der Waals surface area contributed by atoms with Gasteiger partial charge in [0.15, 0.2) is 0 Å². The van der Waals surface area contributed by atoms with Crippen LogP contribution < -0.4 is 0 Å². The van der Waals surface area contributed by atoms with Crippen LogP contribution in [0.3, 0.4) is 0 Å². The first-order chi connectivity index (χ1) is 7.72. The molecule has 0 heterocycles. The molecule has 0 saturated heterocycles. The molecular weight excluding hydrogens is 194 g/mol. The summed E-state index contributed by atoms with van der Waals surface area (Å²) in [6.45, 7) is 7.74. The largest absolute Gasteiger partial charge is 0.193 e. The lowest BCUT2D eigenvalue weighted by atomic mass is 9.97. The summed E-state index contributed by atoms with van der Waals surface area (Å²) >= 11 is 0. The number of rotatable bonds is 3. The van der Waals surface area contributed by atoms with Gasteiger partial charge in [-0.15, -0.1) is 0 Å². The van der Waals surface area contributed by atoms with Gasteiger partial charge in [-0.05, 0) is 30.6 Å². The van der Waals surface area contributed by atoms with Gasteiger partial charge in [0.25, 0.3) is 0 Å². The molecule has 0 fully saturated rings. The van der Waals surface area contributed by atoms with Gasteiger partial charge in [0.1, 0.15) is 0 Å². The fraction of sp³-hybridized carbons (Fsp3) is 0.133. The number of nitriles is 1. The molecule has 0 aliphatic heterocycles. The smallest absolute Gasteiger partial charge is 0.0918 e. The van der Waals surface area contributed by atoms with E-state index in [0.29, 0.717) is 0 Å². The molecule has 0 aliphatic rings. The fourth-order valence-corrected chi connectivity index (χ4v) is 1.51. The molecule has 0 unspecified atom stereocenters. The van der Waals surface area contributed by atoms with E-state index in [0.717, 1.165) is 16.7 Å². The number of nitrogens with zero attached hydrogens (tertiary/aromatic N) is 1. The van der Waals surface area contributed by atoms with Gasteiger partial charge in [-0.1, -0.05) is 48.6 Å². The monoisotopic (exact) mass is 209 g/mol. The molecule has 16 heavy (non-hydrogen) atoms. The highest BCUT2D eigenvalue weighted by atomic mass is 14.2. The Morgan fingerprint density at radius 1 is 1.31 bits per heavy atom. The molecule has 0 spiro atoms. The summed E-state index contributed by atoms with van der Waals surface area (Å²) in [6.07, 6.45) is 5.28. The predicted molar refractivity (Wildman–Crippen MR) is 68.7 cm³/mol. The van der Waals surface area contributed by atoms with Crippen molar-refractivity contribution in [2.24, 2.45) is 0 Å². The van der Waals surface area contributed by atoms with Gasteiger partial charge < -0.3 is 0 Å². The average Bonchev–Trinajstić information content (AvgIpc) is 2.31. The third-order valence-electron chi connectivity index (χ3n) is 2.41. The molecule has 0 N–H and O–H groups in total. The lowest BCUT2D eigenvalue weighted by Gasteiger charge is -2.07. The molecule has 0 bridgehead atoms. The summed E-state index contributed by atoms with van der Waals surface area (Å²) in [5, 5.41) is 8.80. The van der Waals surface area contributed by atoms with Crippen molar-refractivity contribution in [2.45, 2.75) is 13.8 Å². The van der Waals surface area contributed by atoms with Crippen molar-refractivity contribution in [1.29, 1.82) is 5.26 Å². The normalized spacial score (nSPS) is 12.1. The Bertz CT molecular complexity index is 467. The van der Waals surface area contributed by atoms with Crippen LogP contribution in [0.2, 0.25) is 0 Å². The van der Waals surface area contributed by atoms with Gasteiger partial charge in [0, 0.05) is 6.08 Å². The lowest BCUT2D eigenvalue weighted by molar-refractivity contribution is 1.44. The van der Waals surface area contributed by atoms with Crippen LogP contribution in [0.5, 0.6) is 0 Å². The predicted octanol–water partition coefficient (Wildman–Crippen LogP) is 4.03. The van der Waals surface area contributed by atoms with Crippen LogP contribution in [-0.4, -0.2) is 0 Å². The van der Waals surface area contributed by atoms with Crippen LogP contribution in [0, 0.1) is 18.3 Å². The highest BCUT2D eigenvalue weighted by molar-refractivity contribution is 5.82. The van der Waals surface area contributed by atoms with E-state index in [1.54, 1.807) is 12.2 Å². The SMILES string of the molecule is C=CC(=C\C)/C(=C\C#N)c1ccc(C)cc1. The number of allylic oxidation sites excluding steroid dienone is 5. The number of benzene rings is 1. The zero-order chi connectivity index (χ0) is 12.0. The van der Waals surface area contributed by atoms with E-state index < -0.39 is 0 Å². The minimum atomic E-state index is 0.917. The van der Waals surface area contributed by atoms with Gasteiger partial charge in [0.2, 0.25) is 0 Å². The molecule has 80 valence electrons. The van der Waals surface area contributed by atoms with E-state index in [-0.39, 0.29) is 0 Å². The zero-order valence-corrected chi connectivity index (χ0v) is 9.70. The first-order valence-corrected chi connectivity index (χ1v) is 5.19. The van der Waals surface area contributed by atoms with Gasteiger partial charge in [0.05, 0.1) is 6.07 Å². The van der Waals surface area contributed by atoms with Crippen molar-refractivity contribution in [3.63, 3.8) is 0 Å². The van der Waals surface area contributed by atoms with Crippen LogP contribution >= 0.6 is 0 Å². The minimum Gasteiger partial charge on any atom is -0.193 e. The summed E-state index contributed by atoms with van der Waals surface area (Å²) in [5.41, 5.74) is 4.14. The first kappa shape index (κ1) is 12.0. The van der Waals surface area contributed by atoms with Crippen molar-refractivity contribution in [3.05, 3.63) is 65.8 Å². The third-order valence-corrected chi connectivity index (χ3v) is 2.41. The molecule has 1 nitrogen and oxygen atoms in total. The molecule has 0 aliphatic carbocycles. The second-order valence-electron chi connectivity index (χ2n) is 3.50. The van der Waals surface area contributed by atoms with E-state index in [1.807, 2.05) is 44.2 Å². The minimum absolute atomic E-state index is 0.917. The molecule has 1 heteroatoms. The number of aryl methyl sites for hydroxylation is 1. The fourth-order valence-electron chi connectivity index (χ4n) is 1.51. The number of hydrogen-bond donors (Lipinski definition) is 0. The summed E-state index contributed by atoms with van der Waals surface area (Å²) in [4.78, 5) is 0. The zero-order valence-electron chi connectivity index (χ0n) is 9.70. The first-order valence-electron chi connectivity index (χ1n) is 5.19. The second kappa shape index (κ2) is 5.72. The van der Waals surface area contributed by atoms with Crippen molar-refractivity contribution in [1.82, 2.24) is 0 Å². The highest BCUT2D eigenvalue weighted by Gasteiger charge is 2.03. The topological polar surface area (TPSA) is 23.8 Å². The summed E-state index contributed by atoms with van der Waals surface area (Å²) < 4.78 is 0. The molecule has 1 rings (SSSR count). The molecule has 0 saturated carbocycles. The van der Waals surface area contributed by atoms with Crippen LogP contribution in [-0.2, 0) is 0 Å². The maximum atomic E-state index is 8.80. The van der Waals surface area contributed by atoms with Crippen molar-refractivity contribution >= 4 is 5.57 Å². The Kier molecular flexibility index (Phi) is 4.29. The van der Waals surface area contributed by atoms with Crippen LogP contribution in [0.15, 0.2) is 54.6 Å². The van der Waals surface area contributed by atoms with E-state index in [1.165, 1.54) is 5.56 Å². The number of hydrogen-bond acceptors (Lipinski definition) is 1. The van der Waals surface area contributed by atoms with Gasteiger partial charge in [-0.25, -0.2) is 0 Å². The maximum absolute atomic E-state index is 8.80.